The minimum atomic E-state index is -5.86. The molecule has 0 heterocycles. The van der Waals surface area contributed by atoms with Gasteiger partial charge in [0.05, 0.1) is 7.11 Å². The van der Waals surface area contributed by atoms with Crippen molar-refractivity contribution in [1.82, 2.24) is 0 Å². The van der Waals surface area contributed by atoms with Crippen LogP contribution in [0.15, 0.2) is 18.2 Å². The molecule has 0 spiro atoms. The van der Waals surface area contributed by atoms with E-state index in [1.54, 1.807) is 0 Å². The fraction of sp³-hybridized carbons (Fsp3) is 0.400. The van der Waals surface area contributed by atoms with Gasteiger partial charge in [-0.3, -0.25) is 0 Å². The lowest BCUT2D eigenvalue weighted by Crippen LogP contribution is -2.46. The minimum absolute atomic E-state index is 0.0696. The Kier molecular flexibility index (Phi) is 3.80. The zero-order chi connectivity index (χ0) is 14.1. The van der Waals surface area contributed by atoms with Crippen molar-refractivity contribution in [3.05, 3.63) is 29.6 Å². The molecule has 102 valence electrons. The van der Waals surface area contributed by atoms with Gasteiger partial charge >= 0.3 is 12.1 Å². The summed E-state index contributed by atoms with van der Waals surface area (Å²) < 4.78 is 80.1. The van der Waals surface area contributed by atoms with Gasteiger partial charge in [-0.2, -0.15) is 22.0 Å². The van der Waals surface area contributed by atoms with E-state index in [0.717, 1.165) is 13.2 Å². The van der Waals surface area contributed by atoms with Crippen molar-refractivity contribution in [2.45, 2.75) is 18.1 Å². The van der Waals surface area contributed by atoms with Crippen molar-refractivity contribution in [2.75, 3.05) is 7.11 Å². The number of hydrogen-bond donors (Lipinski definition) is 1. The number of benzene rings is 1. The van der Waals surface area contributed by atoms with Gasteiger partial charge in [-0.15, -0.1) is 0 Å². The maximum absolute atomic E-state index is 13.2. The van der Waals surface area contributed by atoms with E-state index in [9.17, 15) is 26.3 Å². The van der Waals surface area contributed by atoms with E-state index in [4.69, 9.17) is 5.73 Å². The quantitative estimate of drug-likeness (QED) is 0.859. The smallest absolute Gasteiger partial charge is 0.455 e. The van der Waals surface area contributed by atoms with Crippen molar-refractivity contribution >= 4 is 0 Å². The topological polar surface area (TPSA) is 35.2 Å². The van der Waals surface area contributed by atoms with Crippen LogP contribution in [0.25, 0.3) is 0 Å². The number of ether oxygens (including phenoxy) is 1. The average molecular weight is 273 g/mol. The molecule has 1 atom stereocenters. The normalized spacial score (nSPS) is 14.4. The third-order valence-electron chi connectivity index (χ3n) is 2.31. The van der Waals surface area contributed by atoms with Gasteiger partial charge in [-0.1, -0.05) is 0 Å². The monoisotopic (exact) mass is 273 g/mol. The maximum atomic E-state index is 13.2. The Bertz CT molecular complexity index is 431. The van der Waals surface area contributed by atoms with E-state index < -0.39 is 29.5 Å². The molecule has 0 aromatic heterocycles. The van der Waals surface area contributed by atoms with Crippen molar-refractivity contribution < 1.29 is 31.1 Å². The SMILES string of the molecule is COc1ccc(F)c([C@@H](N)C(F)(F)C(F)(F)F)c1. The Hall–Kier alpha value is -1.44. The van der Waals surface area contributed by atoms with Gasteiger partial charge in [-0.05, 0) is 18.2 Å². The standard InChI is InChI=1S/C10H9F6NO/c1-18-5-2-3-7(11)6(4-5)8(17)9(12,13)10(14,15)16/h2-4,8H,17H2,1H3/t8-/m1/s1. The van der Waals surface area contributed by atoms with Gasteiger partial charge in [0, 0.05) is 5.56 Å². The first-order valence-electron chi connectivity index (χ1n) is 4.64. The number of alkyl halides is 5. The molecule has 0 aliphatic carbocycles. The molecule has 0 bridgehead atoms. The summed E-state index contributed by atoms with van der Waals surface area (Å²) in [4.78, 5) is 0. The molecule has 0 radical (unpaired) electrons. The fourth-order valence-electron chi connectivity index (χ4n) is 1.26. The molecule has 1 aromatic rings. The second-order valence-electron chi connectivity index (χ2n) is 3.49. The number of hydrogen-bond acceptors (Lipinski definition) is 2. The average Bonchev–Trinajstić information content (AvgIpc) is 2.27. The van der Waals surface area contributed by atoms with Crippen molar-refractivity contribution in [3.63, 3.8) is 0 Å². The van der Waals surface area contributed by atoms with Gasteiger partial charge < -0.3 is 10.5 Å². The highest BCUT2D eigenvalue weighted by molar-refractivity contribution is 5.33. The van der Waals surface area contributed by atoms with Crippen molar-refractivity contribution in [2.24, 2.45) is 5.73 Å². The summed E-state index contributed by atoms with van der Waals surface area (Å²) in [6, 6.07) is -0.343. The Labute approximate surface area is 98.3 Å². The highest BCUT2D eigenvalue weighted by atomic mass is 19.4. The van der Waals surface area contributed by atoms with E-state index in [1.807, 2.05) is 0 Å². The molecule has 2 nitrogen and oxygen atoms in total. The second kappa shape index (κ2) is 4.68. The molecule has 0 aliphatic rings. The van der Waals surface area contributed by atoms with Crippen LogP contribution >= 0.6 is 0 Å². The minimum Gasteiger partial charge on any atom is -0.497 e. The van der Waals surface area contributed by atoms with Gasteiger partial charge in [0.2, 0.25) is 0 Å². The first kappa shape index (κ1) is 14.6. The van der Waals surface area contributed by atoms with Crippen LogP contribution in [-0.4, -0.2) is 19.2 Å². The molecule has 0 unspecified atom stereocenters. The van der Waals surface area contributed by atoms with Gasteiger partial charge in [0.15, 0.2) is 0 Å². The van der Waals surface area contributed by atoms with E-state index in [-0.39, 0.29) is 5.75 Å². The van der Waals surface area contributed by atoms with Crippen molar-refractivity contribution in [1.29, 1.82) is 0 Å². The zero-order valence-electron chi connectivity index (χ0n) is 9.06. The van der Waals surface area contributed by atoms with E-state index in [2.05, 4.69) is 4.74 Å². The molecule has 2 N–H and O–H groups in total. The summed E-state index contributed by atoms with van der Waals surface area (Å²) in [6.07, 6.45) is -5.86. The number of methoxy groups -OCH3 is 1. The number of halogens is 6. The Morgan fingerprint density at radius 2 is 1.72 bits per heavy atom. The maximum Gasteiger partial charge on any atom is 0.455 e. The Balaban J connectivity index is 3.22. The highest BCUT2D eigenvalue weighted by Gasteiger charge is 2.62. The molecule has 0 aliphatic heterocycles. The van der Waals surface area contributed by atoms with E-state index in [1.165, 1.54) is 0 Å². The largest absolute Gasteiger partial charge is 0.497 e. The molecule has 8 heteroatoms. The molecule has 18 heavy (non-hydrogen) atoms. The Morgan fingerprint density at radius 3 is 2.17 bits per heavy atom. The highest BCUT2D eigenvalue weighted by Crippen LogP contribution is 2.44. The zero-order valence-corrected chi connectivity index (χ0v) is 9.06. The molecule has 1 rings (SSSR count). The number of nitrogens with two attached hydrogens (primary N) is 1. The van der Waals surface area contributed by atoms with Crippen LogP contribution in [0, 0.1) is 5.82 Å². The summed E-state index contributed by atoms with van der Waals surface area (Å²) in [5.41, 5.74) is 3.86. The third kappa shape index (κ3) is 2.53. The number of rotatable bonds is 3. The summed E-state index contributed by atoms with van der Waals surface area (Å²) in [6.45, 7) is 0. The fourth-order valence-corrected chi connectivity index (χ4v) is 1.26. The van der Waals surface area contributed by atoms with Crippen LogP contribution < -0.4 is 10.5 Å². The van der Waals surface area contributed by atoms with Gasteiger partial charge in [-0.25, -0.2) is 4.39 Å². The third-order valence-corrected chi connectivity index (χ3v) is 2.31. The molecule has 0 fully saturated rings. The van der Waals surface area contributed by atoms with E-state index >= 15 is 0 Å². The second-order valence-corrected chi connectivity index (χ2v) is 3.49. The Morgan fingerprint density at radius 1 is 1.17 bits per heavy atom. The van der Waals surface area contributed by atoms with Crippen LogP contribution in [0.3, 0.4) is 0 Å². The van der Waals surface area contributed by atoms with Gasteiger partial charge in [0.1, 0.15) is 17.6 Å². The first-order chi connectivity index (χ1) is 8.11. The van der Waals surface area contributed by atoms with Crippen LogP contribution in [0.5, 0.6) is 5.75 Å². The van der Waals surface area contributed by atoms with Gasteiger partial charge in [0.25, 0.3) is 0 Å². The molecular weight excluding hydrogens is 264 g/mol. The molecule has 1 aromatic carbocycles. The van der Waals surface area contributed by atoms with Crippen LogP contribution in [0.2, 0.25) is 0 Å². The van der Waals surface area contributed by atoms with Crippen LogP contribution in [0.4, 0.5) is 26.3 Å². The van der Waals surface area contributed by atoms with E-state index in [0.29, 0.717) is 12.1 Å². The summed E-state index contributed by atoms with van der Waals surface area (Å²) >= 11 is 0. The summed E-state index contributed by atoms with van der Waals surface area (Å²) in [7, 11) is 1.16. The summed E-state index contributed by atoms with van der Waals surface area (Å²) in [5, 5.41) is 0. The lowest BCUT2D eigenvalue weighted by Gasteiger charge is -2.26. The van der Waals surface area contributed by atoms with Crippen molar-refractivity contribution in [3.8, 4) is 5.75 Å². The predicted octanol–water partition coefficient (Wildman–Crippen LogP) is 3.03. The lowest BCUT2D eigenvalue weighted by atomic mass is 10.00. The summed E-state index contributed by atoms with van der Waals surface area (Å²) in [5.74, 6) is -6.56. The van der Waals surface area contributed by atoms with Crippen LogP contribution in [-0.2, 0) is 0 Å². The van der Waals surface area contributed by atoms with Crippen LogP contribution in [0.1, 0.15) is 11.6 Å². The molecule has 0 amide bonds. The predicted molar refractivity (Wildman–Crippen MR) is 50.9 cm³/mol. The molecule has 0 saturated carbocycles. The molecular formula is C10H9F6NO. The first-order valence-corrected chi connectivity index (χ1v) is 4.64. The molecule has 0 saturated heterocycles. The lowest BCUT2D eigenvalue weighted by molar-refractivity contribution is -0.291.